The maximum atomic E-state index is 12.0. The van der Waals surface area contributed by atoms with Gasteiger partial charge in [0.25, 0.3) is 0 Å². The Bertz CT molecular complexity index is 619. The minimum absolute atomic E-state index is 0.0653. The molecule has 0 radical (unpaired) electrons. The van der Waals surface area contributed by atoms with Crippen LogP contribution < -0.4 is 10.6 Å². The molecule has 1 aromatic carbocycles. The summed E-state index contributed by atoms with van der Waals surface area (Å²) in [6.45, 7) is 2.37. The maximum Gasteiger partial charge on any atom is 0.320 e. The quantitative estimate of drug-likeness (QED) is 0.824. The Morgan fingerprint density at radius 1 is 1.26 bits per heavy atom. The highest BCUT2D eigenvalue weighted by Crippen LogP contribution is 2.07. The van der Waals surface area contributed by atoms with Gasteiger partial charge < -0.3 is 10.1 Å². The average Bonchev–Trinajstić information content (AvgIpc) is 2.54. The molecule has 1 heterocycles. The number of anilines is 1. The van der Waals surface area contributed by atoms with Gasteiger partial charge in [-0.05, 0) is 25.3 Å². The van der Waals surface area contributed by atoms with Crippen molar-refractivity contribution in [3.05, 3.63) is 54.0 Å². The first-order valence-electron chi connectivity index (χ1n) is 7.58. The molecule has 6 nitrogen and oxygen atoms in total. The van der Waals surface area contributed by atoms with Gasteiger partial charge in [0.05, 0.1) is 12.3 Å². The molecule has 6 heteroatoms. The zero-order chi connectivity index (χ0) is 16.5. The van der Waals surface area contributed by atoms with Crippen molar-refractivity contribution < 1.29 is 9.53 Å². The molecule has 0 unspecified atom stereocenters. The number of hydrogen-bond donors (Lipinski definition) is 2. The number of benzene rings is 1. The second kappa shape index (κ2) is 8.85. The number of nitrogens with one attached hydrogen (secondary N) is 2. The first kappa shape index (κ1) is 16.9. The van der Waals surface area contributed by atoms with Gasteiger partial charge in [-0.2, -0.15) is 0 Å². The van der Waals surface area contributed by atoms with Crippen LogP contribution in [0.4, 0.5) is 10.6 Å². The van der Waals surface area contributed by atoms with Crippen LogP contribution in [0.2, 0.25) is 0 Å². The van der Waals surface area contributed by atoms with E-state index in [4.69, 9.17) is 4.74 Å². The summed E-state index contributed by atoms with van der Waals surface area (Å²) in [5.41, 5.74) is 1.98. The summed E-state index contributed by atoms with van der Waals surface area (Å²) in [4.78, 5) is 20.1. The Kier molecular flexibility index (Phi) is 6.50. The molecule has 0 saturated carbocycles. The van der Waals surface area contributed by atoms with Crippen molar-refractivity contribution in [3.63, 3.8) is 0 Å². The van der Waals surface area contributed by atoms with Gasteiger partial charge >= 0.3 is 6.03 Å². The van der Waals surface area contributed by atoms with Crippen LogP contribution in [0.25, 0.3) is 0 Å². The fraction of sp³-hybridized carbons (Fsp3) is 0.353. The number of aryl methyl sites for hydroxylation is 1. The third-order valence-electron chi connectivity index (χ3n) is 3.34. The van der Waals surface area contributed by atoms with Gasteiger partial charge in [-0.15, -0.1) is 0 Å². The minimum Gasteiger partial charge on any atom is -0.378 e. The Labute approximate surface area is 136 Å². The molecule has 2 rings (SSSR count). The second-order valence-corrected chi connectivity index (χ2v) is 5.35. The molecule has 0 aliphatic heterocycles. The lowest BCUT2D eigenvalue weighted by Gasteiger charge is -2.14. The summed E-state index contributed by atoms with van der Waals surface area (Å²) in [6.07, 6.45) is 3.20. The first-order valence-corrected chi connectivity index (χ1v) is 7.58. The monoisotopic (exact) mass is 314 g/mol. The van der Waals surface area contributed by atoms with Crippen molar-refractivity contribution in [2.45, 2.75) is 32.4 Å². The van der Waals surface area contributed by atoms with Gasteiger partial charge in [-0.3, -0.25) is 5.32 Å². The third kappa shape index (κ3) is 6.04. The zero-order valence-electron chi connectivity index (χ0n) is 13.5. The lowest BCUT2D eigenvalue weighted by molar-refractivity contribution is 0.181. The highest BCUT2D eigenvalue weighted by atomic mass is 16.5. The summed E-state index contributed by atoms with van der Waals surface area (Å²) < 4.78 is 5.01. The van der Waals surface area contributed by atoms with E-state index in [-0.39, 0.29) is 12.1 Å². The van der Waals surface area contributed by atoms with Gasteiger partial charge in [0, 0.05) is 19.2 Å². The number of carbonyl (C=O) groups is 1. The van der Waals surface area contributed by atoms with Gasteiger partial charge in [0.2, 0.25) is 0 Å². The predicted octanol–water partition coefficient (Wildman–Crippen LogP) is 2.77. The Hall–Kier alpha value is -2.47. The molecule has 23 heavy (non-hydrogen) atoms. The molecule has 0 fully saturated rings. The highest BCUT2D eigenvalue weighted by molar-refractivity contribution is 5.88. The largest absolute Gasteiger partial charge is 0.378 e. The topological polar surface area (TPSA) is 76.1 Å². The number of rotatable bonds is 7. The Balaban J connectivity index is 1.78. The Morgan fingerprint density at radius 2 is 2.04 bits per heavy atom. The van der Waals surface area contributed by atoms with Crippen molar-refractivity contribution in [1.82, 2.24) is 15.3 Å². The van der Waals surface area contributed by atoms with E-state index in [1.54, 1.807) is 13.2 Å². The summed E-state index contributed by atoms with van der Waals surface area (Å²) in [5.74, 6) is 0.458. The Morgan fingerprint density at radius 3 is 2.78 bits per heavy atom. The normalized spacial score (nSPS) is 11.7. The van der Waals surface area contributed by atoms with E-state index < -0.39 is 0 Å². The number of ether oxygens (including phenoxy) is 1. The zero-order valence-corrected chi connectivity index (χ0v) is 13.5. The number of amides is 2. The number of hydrogen-bond acceptors (Lipinski definition) is 4. The molecule has 2 N–H and O–H groups in total. The minimum atomic E-state index is -0.271. The molecular formula is C17H22N4O2. The van der Waals surface area contributed by atoms with Crippen LogP contribution in [0.1, 0.15) is 24.6 Å². The maximum absolute atomic E-state index is 12.0. The number of nitrogens with zero attached hydrogens (tertiary/aromatic N) is 2. The fourth-order valence-corrected chi connectivity index (χ4v) is 2.17. The van der Waals surface area contributed by atoms with Gasteiger partial charge in [0.15, 0.2) is 0 Å². The predicted molar refractivity (Wildman–Crippen MR) is 89.1 cm³/mol. The molecule has 2 amide bonds. The molecule has 1 atom stereocenters. The van der Waals surface area contributed by atoms with Crippen LogP contribution in [0.15, 0.2) is 42.7 Å². The molecular weight excluding hydrogens is 292 g/mol. The van der Waals surface area contributed by atoms with E-state index >= 15 is 0 Å². The molecule has 0 spiro atoms. The van der Waals surface area contributed by atoms with Crippen molar-refractivity contribution in [2.75, 3.05) is 12.4 Å². The smallest absolute Gasteiger partial charge is 0.320 e. The lowest BCUT2D eigenvalue weighted by Crippen LogP contribution is -2.36. The van der Waals surface area contributed by atoms with Crippen molar-refractivity contribution >= 4 is 11.8 Å². The van der Waals surface area contributed by atoms with Crippen molar-refractivity contribution in [2.24, 2.45) is 0 Å². The number of methoxy groups -OCH3 is 1. The molecule has 0 aliphatic rings. The molecule has 0 aliphatic carbocycles. The first-order chi connectivity index (χ1) is 11.2. The average molecular weight is 314 g/mol. The van der Waals surface area contributed by atoms with Crippen LogP contribution in [-0.2, 0) is 17.8 Å². The summed E-state index contributed by atoms with van der Waals surface area (Å²) in [6, 6.07) is 11.7. The fourth-order valence-electron chi connectivity index (χ4n) is 2.17. The van der Waals surface area contributed by atoms with Crippen LogP contribution in [0.5, 0.6) is 0 Å². The van der Waals surface area contributed by atoms with E-state index in [2.05, 4.69) is 32.7 Å². The van der Waals surface area contributed by atoms with Gasteiger partial charge in [0.1, 0.15) is 12.1 Å². The van der Waals surface area contributed by atoms with E-state index in [0.29, 0.717) is 12.4 Å². The standard InChI is InChI=1S/C17H22N4O2/c1-13(8-9-14-6-4-3-5-7-14)20-17(22)21-16-10-15(11-23-2)18-12-19-16/h3-7,10,12-13H,8-9,11H2,1-2H3,(H2,18,19,20,21,22)/t13-/m1/s1. The van der Waals surface area contributed by atoms with Gasteiger partial charge in [-0.1, -0.05) is 30.3 Å². The van der Waals surface area contributed by atoms with Gasteiger partial charge in [-0.25, -0.2) is 14.8 Å². The van der Waals surface area contributed by atoms with E-state index in [1.807, 2.05) is 25.1 Å². The molecule has 0 bridgehead atoms. The molecule has 2 aromatic rings. The SMILES string of the molecule is COCc1cc(NC(=O)N[C@H](C)CCc2ccccc2)ncn1. The van der Waals surface area contributed by atoms with Crippen LogP contribution in [0.3, 0.4) is 0 Å². The molecule has 122 valence electrons. The van der Waals surface area contributed by atoms with Crippen molar-refractivity contribution in [3.8, 4) is 0 Å². The van der Waals surface area contributed by atoms with Crippen LogP contribution in [-0.4, -0.2) is 29.2 Å². The van der Waals surface area contributed by atoms with E-state index in [1.165, 1.54) is 11.9 Å². The molecule has 0 saturated heterocycles. The second-order valence-electron chi connectivity index (χ2n) is 5.35. The summed E-state index contributed by atoms with van der Waals surface area (Å²) in [7, 11) is 1.59. The summed E-state index contributed by atoms with van der Waals surface area (Å²) >= 11 is 0. The highest BCUT2D eigenvalue weighted by Gasteiger charge is 2.09. The number of carbonyl (C=O) groups excluding carboxylic acids is 1. The third-order valence-corrected chi connectivity index (χ3v) is 3.34. The van der Waals surface area contributed by atoms with E-state index in [9.17, 15) is 4.79 Å². The van der Waals surface area contributed by atoms with E-state index in [0.717, 1.165) is 18.5 Å². The van der Waals surface area contributed by atoms with Crippen LogP contribution in [0, 0.1) is 0 Å². The lowest BCUT2D eigenvalue weighted by atomic mass is 10.1. The summed E-state index contributed by atoms with van der Waals surface area (Å²) in [5, 5.41) is 5.62. The van der Waals surface area contributed by atoms with Crippen LogP contribution >= 0.6 is 0 Å². The number of urea groups is 1. The van der Waals surface area contributed by atoms with Crippen molar-refractivity contribution in [1.29, 1.82) is 0 Å². The number of aromatic nitrogens is 2. The molecule has 1 aromatic heterocycles.